The van der Waals surface area contributed by atoms with Crippen molar-refractivity contribution in [2.45, 2.75) is 32.2 Å². The molecule has 1 unspecified atom stereocenters. The highest BCUT2D eigenvalue weighted by Crippen LogP contribution is 2.09. The minimum Gasteiger partial charge on any atom is -0.480 e. The van der Waals surface area contributed by atoms with E-state index in [1.807, 2.05) is 0 Å². The maximum atomic E-state index is 13.3. The molecule has 0 saturated heterocycles. The molecule has 0 saturated carbocycles. The van der Waals surface area contributed by atoms with Gasteiger partial charge < -0.3 is 15.7 Å². The van der Waals surface area contributed by atoms with Crippen LogP contribution < -0.4 is 10.6 Å². The number of halogens is 1. The Labute approximate surface area is 117 Å². The van der Waals surface area contributed by atoms with Crippen LogP contribution in [0.4, 0.5) is 9.18 Å². The number of nitrogens with one attached hydrogen (secondary N) is 2. The molecule has 0 aliphatic rings. The Morgan fingerprint density at radius 1 is 1.35 bits per heavy atom. The highest BCUT2D eigenvalue weighted by atomic mass is 19.1. The minimum atomic E-state index is -1.30. The van der Waals surface area contributed by atoms with Gasteiger partial charge in [-0.1, -0.05) is 25.1 Å². The largest absolute Gasteiger partial charge is 0.480 e. The zero-order valence-corrected chi connectivity index (χ0v) is 11.6. The second-order valence-electron chi connectivity index (χ2n) is 4.71. The van der Waals surface area contributed by atoms with Crippen molar-refractivity contribution >= 4 is 12.0 Å². The smallest absolute Gasteiger partial charge is 0.329 e. The monoisotopic (exact) mass is 282 g/mol. The molecule has 0 heterocycles. The normalized spacial score (nSPS) is 13.3. The summed E-state index contributed by atoms with van der Waals surface area (Å²) in [6.45, 7) is 3.34. The van der Waals surface area contributed by atoms with Gasteiger partial charge >= 0.3 is 12.0 Å². The van der Waals surface area contributed by atoms with E-state index < -0.39 is 17.5 Å². The van der Waals surface area contributed by atoms with E-state index in [2.05, 4.69) is 10.6 Å². The third-order valence-electron chi connectivity index (χ3n) is 3.21. The number of carbonyl (C=O) groups is 2. The molecule has 3 N–H and O–H groups in total. The van der Waals surface area contributed by atoms with E-state index in [-0.39, 0.29) is 18.8 Å². The third kappa shape index (κ3) is 4.22. The van der Waals surface area contributed by atoms with Gasteiger partial charge in [0.05, 0.1) is 0 Å². The van der Waals surface area contributed by atoms with Crippen LogP contribution in [0.2, 0.25) is 0 Å². The summed E-state index contributed by atoms with van der Waals surface area (Å²) in [6.07, 6.45) is 0.610. The molecule has 0 bridgehead atoms. The fourth-order valence-corrected chi connectivity index (χ4v) is 1.60. The van der Waals surface area contributed by atoms with Crippen molar-refractivity contribution in [2.75, 3.05) is 6.54 Å². The predicted octanol–water partition coefficient (Wildman–Crippen LogP) is 1.92. The standard InChI is InChI=1S/C14H19FN2O3/c1-3-14(2,12(18)19)17-13(20)16-9-8-10-6-4-5-7-11(10)15/h4-7H,3,8-9H2,1-2H3,(H,18,19)(H2,16,17,20). The Bertz CT molecular complexity index is 493. The Balaban J connectivity index is 2.45. The van der Waals surface area contributed by atoms with Crippen LogP contribution in [0.25, 0.3) is 0 Å². The van der Waals surface area contributed by atoms with Crippen LogP contribution >= 0.6 is 0 Å². The van der Waals surface area contributed by atoms with Gasteiger partial charge in [0.2, 0.25) is 0 Å². The average molecular weight is 282 g/mol. The number of benzene rings is 1. The molecule has 0 spiro atoms. The molecule has 110 valence electrons. The molecule has 0 aliphatic carbocycles. The van der Waals surface area contributed by atoms with Crippen LogP contribution in [0.15, 0.2) is 24.3 Å². The molecule has 0 aliphatic heterocycles. The Morgan fingerprint density at radius 2 is 2.00 bits per heavy atom. The molecule has 6 heteroatoms. The number of hydrogen-bond donors (Lipinski definition) is 3. The number of rotatable bonds is 6. The summed E-state index contributed by atoms with van der Waals surface area (Å²) in [5.41, 5.74) is -0.800. The molecule has 1 rings (SSSR count). The second kappa shape index (κ2) is 6.88. The number of hydrogen-bond acceptors (Lipinski definition) is 2. The summed E-state index contributed by atoms with van der Waals surface area (Å²) in [4.78, 5) is 22.7. The van der Waals surface area contributed by atoms with Crippen LogP contribution in [0.3, 0.4) is 0 Å². The Kier molecular flexibility index (Phi) is 5.49. The molecule has 1 aromatic rings. The van der Waals surface area contributed by atoms with E-state index in [1.54, 1.807) is 25.1 Å². The molecule has 0 aromatic heterocycles. The molecule has 20 heavy (non-hydrogen) atoms. The van der Waals surface area contributed by atoms with Gasteiger partial charge in [-0.3, -0.25) is 0 Å². The highest BCUT2D eigenvalue weighted by molar-refractivity contribution is 5.85. The second-order valence-corrected chi connectivity index (χ2v) is 4.71. The van der Waals surface area contributed by atoms with Crippen molar-refractivity contribution in [1.82, 2.24) is 10.6 Å². The molecule has 2 amide bonds. The van der Waals surface area contributed by atoms with Crippen LogP contribution in [0, 0.1) is 5.82 Å². The van der Waals surface area contributed by atoms with Gasteiger partial charge in [-0.25, -0.2) is 14.0 Å². The third-order valence-corrected chi connectivity index (χ3v) is 3.21. The van der Waals surface area contributed by atoms with E-state index in [0.717, 1.165) is 0 Å². The van der Waals surface area contributed by atoms with Crippen LogP contribution in [0.5, 0.6) is 0 Å². The van der Waals surface area contributed by atoms with Gasteiger partial charge in [0.15, 0.2) is 0 Å². The van der Waals surface area contributed by atoms with Gasteiger partial charge in [0, 0.05) is 6.54 Å². The van der Waals surface area contributed by atoms with Gasteiger partial charge in [0.1, 0.15) is 11.4 Å². The number of carboxylic acids is 1. The number of carboxylic acid groups (broad SMARTS) is 1. The molecular formula is C14H19FN2O3. The van der Waals surface area contributed by atoms with Crippen molar-refractivity contribution in [3.63, 3.8) is 0 Å². The lowest BCUT2D eigenvalue weighted by Gasteiger charge is -2.24. The van der Waals surface area contributed by atoms with Crippen molar-refractivity contribution in [3.8, 4) is 0 Å². The maximum Gasteiger partial charge on any atom is 0.329 e. The van der Waals surface area contributed by atoms with Crippen molar-refractivity contribution < 1.29 is 19.1 Å². The van der Waals surface area contributed by atoms with Gasteiger partial charge in [-0.05, 0) is 31.4 Å². The first-order valence-corrected chi connectivity index (χ1v) is 6.42. The SMILES string of the molecule is CCC(C)(NC(=O)NCCc1ccccc1F)C(=O)O. The summed E-state index contributed by atoms with van der Waals surface area (Å²) in [5, 5.41) is 14.0. The minimum absolute atomic E-state index is 0.228. The molecule has 1 aromatic carbocycles. The van der Waals surface area contributed by atoms with Crippen molar-refractivity contribution in [1.29, 1.82) is 0 Å². The molecule has 5 nitrogen and oxygen atoms in total. The van der Waals surface area contributed by atoms with E-state index in [9.17, 15) is 14.0 Å². The zero-order valence-electron chi connectivity index (χ0n) is 11.6. The summed E-state index contributed by atoms with van der Waals surface area (Å²) >= 11 is 0. The zero-order chi connectivity index (χ0) is 15.2. The molecular weight excluding hydrogens is 263 g/mol. The molecule has 0 fully saturated rings. The predicted molar refractivity (Wildman–Crippen MR) is 73.0 cm³/mol. The number of aliphatic carboxylic acids is 1. The van der Waals surface area contributed by atoms with E-state index in [0.29, 0.717) is 12.0 Å². The Morgan fingerprint density at radius 3 is 2.55 bits per heavy atom. The number of urea groups is 1. The first-order chi connectivity index (χ1) is 9.39. The fourth-order valence-electron chi connectivity index (χ4n) is 1.60. The summed E-state index contributed by atoms with van der Waals surface area (Å²) in [6, 6.07) is 5.74. The number of carbonyl (C=O) groups excluding carboxylic acids is 1. The van der Waals surface area contributed by atoms with Gasteiger partial charge in [0.25, 0.3) is 0 Å². The van der Waals surface area contributed by atoms with Crippen molar-refractivity contribution in [3.05, 3.63) is 35.6 Å². The lowest BCUT2D eigenvalue weighted by Crippen LogP contribution is -2.55. The summed E-state index contributed by atoms with van der Waals surface area (Å²) in [5.74, 6) is -1.41. The van der Waals surface area contributed by atoms with E-state index in [1.165, 1.54) is 13.0 Å². The average Bonchev–Trinajstić information content (AvgIpc) is 2.40. The van der Waals surface area contributed by atoms with Gasteiger partial charge in [-0.15, -0.1) is 0 Å². The quantitative estimate of drug-likeness (QED) is 0.746. The van der Waals surface area contributed by atoms with E-state index >= 15 is 0 Å². The first-order valence-electron chi connectivity index (χ1n) is 6.42. The van der Waals surface area contributed by atoms with E-state index in [4.69, 9.17) is 5.11 Å². The molecule has 1 atom stereocenters. The fraction of sp³-hybridized carbons (Fsp3) is 0.429. The number of amides is 2. The lowest BCUT2D eigenvalue weighted by atomic mass is 10.00. The Hall–Kier alpha value is -2.11. The highest BCUT2D eigenvalue weighted by Gasteiger charge is 2.32. The summed E-state index contributed by atoms with van der Waals surface area (Å²) < 4.78 is 13.3. The summed E-state index contributed by atoms with van der Waals surface area (Å²) in [7, 11) is 0. The topological polar surface area (TPSA) is 78.4 Å². The maximum absolute atomic E-state index is 13.3. The lowest BCUT2D eigenvalue weighted by molar-refractivity contribution is -0.143. The van der Waals surface area contributed by atoms with Crippen LogP contribution in [-0.4, -0.2) is 29.2 Å². The first kappa shape index (κ1) is 15.9. The van der Waals surface area contributed by atoms with Crippen LogP contribution in [-0.2, 0) is 11.2 Å². The van der Waals surface area contributed by atoms with Gasteiger partial charge in [-0.2, -0.15) is 0 Å². The van der Waals surface area contributed by atoms with Crippen molar-refractivity contribution in [2.24, 2.45) is 0 Å². The van der Waals surface area contributed by atoms with Crippen LogP contribution in [0.1, 0.15) is 25.8 Å². The molecule has 0 radical (unpaired) electrons.